The number of carbonyl (C=O) groups excluding carboxylic acids is 1. The van der Waals surface area contributed by atoms with Crippen LogP contribution in [0.2, 0.25) is 0 Å². The summed E-state index contributed by atoms with van der Waals surface area (Å²) < 4.78 is 15.7. The summed E-state index contributed by atoms with van der Waals surface area (Å²) in [5.41, 5.74) is 0.976. The van der Waals surface area contributed by atoms with Gasteiger partial charge in [0.25, 0.3) is 0 Å². The summed E-state index contributed by atoms with van der Waals surface area (Å²) in [6, 6.07) is 0. The summed E-state index contributed by atoms with van der Waals surface area (Å²) in [6.07, 6.45) is 1.06. The highest BCUT2D eigenvalue weighted by atomic mass is 35.6. The van der Waals surface area contributed by atoms with Gasteiger partial charge in [-0.25, -0.2) is 13.3 Å². The number of nitrogens with zero attached hydrogens (tertiary/aromatic N) is 1. The van der Waals surface area contributed by atoms with Gasteiger partial charge in [0.1, 0.15) is 17.6 Å². The number of alkyl halides is 3. The minimum atomic E-state index is -1.65. The summed E-state index contributed by atoms with van der Waals surface area (Å²) in [6.45, 7) is 1.73. The molecule has 0 aromatic rings. The predicted octanol–water partition coefficient (Wildman–Crippen LogP) is 2.42. The van der Waals surface area contributed by atoms with E-state index in [4.69, 9.17) is 39.5 Å². The molecule has 0 aromatic heterocycles. The number of amides is 1. The third kappa shape index (κ3) is 4.49. The molecule has 1 atom stereocenters. The van der Waals surface area contributed by atoms with Crippen LogP contribution in [0.25, 0.3) is 0 Å². The first-order chi connectivity index (χ1) is 7.29. The quantitative estimate of drug-likeness (QED) is 0.552. The molecule has 1 aliphatic rings. The fourth-order valence-corrected chi connectivity index (χ4v) is 2.31. The highest BCUT2D eigenvalue weighted by Crippen LogP contribution is 2.26. The van der Waals surface area contributed by atoms with Crippen LogP contribution in [0.1, 0.15) is 6.92 Å². The van der Waals surface area contributed by atoms with Crippen molar-refractivity contribution in [1.82, 2.24) is 4.31 Å². The minimum absolute atomic E-state index is 0.247. The average molecular weight is 307 g/mol. The van der Waals surface area contributed by atoms with Gasteiger partial charge in [0.2, 0.25) is 3.79 Å². The third-order valence-electron chi connectivity index (χ3n) is 1.77. The van der Waals surface area contributed by atoms with Crippen LogP contribution >= 0.6 is 34.8 Å². The van der Waals surface area contributed by atoms with Crippen molar-refractivity contribution < 1.29 is 13.7 Å². The zero-order valence-electron chi connectivity index (χ0n) is 8.41. The second kappa shape index (κ2) is 5.58. The number of rotatable bonds is 1. The lowest BCUT2D eigenvalue weighted by molar-refractivity contribution is 0.131. The van der Waals surface area contributed by atoms with Gasteiger partial charge in [-0.1, -0.05) is 46.5 Å². The van der Waals surface area contributed by atoms with E-state index in [0.717, 1.165) is 9.88 Å². The molecular weight excluding hydrogens is 297 g/mol. The molecule has 8 heteroatoms. The molecule has 1 amide bonds. The highest BCUT2D eigenvalue weighted by molar-refractivity contribution is 7.83. The standard InChI is InChI=1S/C8H10Cl3NO3S/c1-6-2-3-12(16(14)4-6)7(13)15-5-8(9,10)11/h2H,3-5H2,1H3. The Morgan fingerprint density at radius 3 is 2.75 bits per heavy atom. The molecule has 1 aliphatic heterocycles. The molecule has 1 unspecified atom stereocenters. The van der Waals surface area contributed by atoms with Gasteiger partial charge in [-0.05, 0) is 6.92 Å². The lowest BCUT2D eigenvalue weighted by Crippen LogP contribution is -2.38. The maximum atomic E-state index is 11.6. The van der Waals surface area contributed by atoms with E-state index in [0.29, 0.717) is 5.75 Å². The average Bonchev–Trinajstić information content (AvgIpc) is 2.13. The van der Waals surface area contributed by atoms with Crippen molar-refractivity contribution in [3.63, 3.8) is 0 Å². The first-order valence-electron chi connectivity index (χ1n) is 4.35. The molecule has 1 rings (SSSR count). The Balaban J connectivity index is 2.52. The second-order valence-corrected chi connectivity index (χ2v) is 7.14. The number of hydrogen-bond acceptors (Lipinski definition) is 3. The molecular formula is C8H10Cl3NO3S. The van der Waals surface area contributed by atoms with Crippen molar-refractivity contribution in [2.24, 2.45) is 0 Å². The number of halogens is 3. The lowest BCUT2D eigenvalue weighted by atomic mass is 10.3. The zero-order valence-corrected chi connectivity index (χ0v) is 11.5. The maximum Gasteiger partial charge on any atom is 0.422 e. The van der Waals surface area contributed by atoms with E-state index < -0.39 is 20.9 Å². The summed E-state index contributed by atoms with van der Waals surface area (Å²) in [4.78, 5) is 11.5. The molecule has 0 aliphatic carbocycles. The normalized spacial score (nSPS) is 21.6. The van der Waals surface area contributed by atoms with Crippen molar-refractivity contribution >= 4 is 51.9 Å². The molecule has 16 heavy (non-hydrogen) atoms. The van der Waals surface area contributed by atoms with Gasteiger partial charge in [-0.2, -0.15) is 0 Å². The predicted molar refractivity (Wildman–Crippen MR) is 65.1 cm³/mol. The largest absolute Gasteiger partial charge is 0.444 e. The monoisotopic (exact) mass is 305 g/mol. The van der Waals surface area contributed by atoms with Crippen LogP contribution in [0.4, 0.5) is 4.79 Å². The number of ether oxygens (including phenoxy) is 1. The Hall–Kier alpha value is 0.0300. The fourth-order valence-electron chi connectivity index (χ4n) is 1.03. The Morgan fingerprint density at radius 2 is 2.25 bits per heavy atom. The SMILES string of the molecule is CC1=CCN(C(=O)OCC(Cl)(Cl)Cl)S(=O)C1. The Labute approximate surface area is 111 Å². The number of carbonyl (C=O) groups is 1. The minimum Gasteiger partial charge on any atom is -0.444 e. The van der Waals surface area contributed by atoms with Gasteiger partial charge in [-0.15, -0.1) is 0 Å². The van der Waals surface area contributed by atoms with Crippen LogP contribution in [0.5, 0.6) is 0 Å². The van der Waals surface area contributed by atoms with Crippen LogP contribution in [-0.4, -0.2) is 37.3 Å². The van der Waals surface area contributed by atoms with Crippen molar-refractivity contribution in [2.45, 2.75) is 10.7 Å². The van der Waals surface area contributed by atoms with Crippen LogP contribution in [0.15, 0.2) is 11.6 Å². The third-order valence-corrected chi connectivity index (χ3v) is 3.58. The summed E-state index contributed by atoms with van der Waals surface area (Å²) >= 11 is 16.3. The molecule has 0 aromatic carbocycles. The summed E-state index contributed by atoms with van der Waals surface area (Å²) in [5.74, 6) is 0.322. The van der Waals surface area contributed by atoms with E-state index in [1.54, 1.807) is 6.08 Å². The van der Waals surface area contributed by atoms with Crippen molar-refractivity contribution in [3.8, 4) is 0 Å². The lowest BCUT2D eigenvalue weighted by Gasteiger charge is -2.24. The zero-order chi connectivity index (χ0) is 12.3. The van der Waals surface area contributed by atoms with Gasteiger partial charge in [0.15, 0.2) is 0 Å². The Morgan fingerprint density at radius 1 is 1.62 bits per heavy atom. The Kier molecular flexibility index (Phi) is 4.91. The van der Waals surface area contributed by atoms with Crippen molar-refractivity contribution in [2.75, 3.05) is 18.9 Å². The van der Waals surface area contributed by atoms with Gasteiger partial charge < -0.3 is 4.74 Å². The summed E-state index contributed by atoms with van der Waals surface area (Å²) in [5, 5.41) is 0. The van der Waals surface area contributed by atoms with E-state index in [1.165, 1.54) is 0 Å². The van der Waals surface area contributed by atoms with Crippen LogP contribution in [0.3, 0.4) is 0 Å². The highest BCUT2D eigenvalue weighted by Gasteiger charge is 2.28. The number of hydrogen-bond donors (Lipinski definition) is 0. The fraction of sp³-hybridized carbons (Fsp3) is 0.625. The molecule has 0 saturated carbocycles. The second-order valence-electron chi connectivity index (χ2n) is 3.25. The van der Waals surface area contributed by atoms with Gasteiger partial charge in [-0.3, -0.25) is 0 Å². The molecule has 0 bridgehead atoms. The van der Waals surface area contributed by atoms with Gasteiger partial charge >= 0.3 is 6.09 Å². The van der Waals surface area contributed by atoms with E-state index >= 15 is 0 Å². The maximum absolute atomic E-state index is 11.6. The molecule has 0 spiro atoms. The van der Waals surface area contributed by atoms with Crippen molar-refractivity contribution in [3.05, 3.63) is 11.6 Å². The van der Waals surface area contributed by atoms with Crippen LogP contribution in [0, 0.1) is 0 Å². The van der Waals surface area contributed by atoms with Gasteiger partial charge in [0, 0.05) is 0 Å². The smallest absolute Gasteiger partial charge is 0.422 e. The van der Waals surface area contributed by atoms with E-state index in [2.05, 4.69) is 0 Å². The summed E-state index contributed by atoms with van der Waals surface area (Å²) in [7, 11) is -1.41. The molecule has 0 radical (unpaired) electrons. The molecule has 0 fully saturated rings. The van der Waals surface area contributed by atoms with Gasteiger partial charge in [0.05, 0.1) is 12.3 Å². The van der Waals surface area contributed by atoms with E-state index in [9.17, 15) is 9.00 Å². The van der Waals surface area contributed by atoms with Crippen molar-refractivity contribution in [1.29, 1.82) is 0 Å². The molecule has 4 nitrogen and oxygen atoms in total. The molecule has 92 valence electrons. The Bertz CT molecular complexity index is 340. The molecule has 1 heterocycles. The van der Waals surface area contributed by atoms with Crippen LogP contribution < -0.4 is 0 Å². The first-order valence-corrected chi connectivity index (χ1v) is 6.76. The van der Waals surface area contributed by atoms with E-state index in [-0.39, 0.29) is 13.2 Å². The molecule has 0 N–H and O–H groups in total. The topological polar surface area (TPSA) is 46.6 Å². The van der Waals surface area contributed by atoms with E-state index in [1.807, 2.05) is 6.92 Å². The van der Waals surface area contributed by atoms with Crippen LogP contribution in [-0.2, 0) is 15.7 Å². The molecule has 0 saturated heterocycles. The first kappa shape index (κ1) is 14.1.